The number of fused-ring (bicyclic) bond motifs is 1. The average Bonchev–Trinajstić information content (AvgIpc) is 3.15. The van der Waals surface area contributed by atoms with Crippen molar-refractivity contribution in [2.45, 2.75) is 25.6 Å². The van der Waals surface area contributed by atoms with E-state index >= 15 is 0 Å². The number of ether oxygens (including phenoxy) is 2. The molecule has 2 aromatic rings. The number of carbonyl (C=O) groups is 1. The molecule has 0 radical (unpaired) electrons. The van der Waals surface area contributed by atoms with Crippen molar-refractivity contribution >= 4 is 17.0 Å². The smallest absolute Gasteiger partial charge is 0.257 e. The third-order valence-corrected chi connectivity index (χ3v) is 4.38. The topological polar surface area (TPSA) is 77.7 Å². The lowest BCUT2D eigenvalue weighted by Crippen LogP contribution is -2.47. The van der Waals surface area contributed by atoms with E-state index in [0.717, 1.165) is 11.1 Å². The minimum Gasteiger partial charge on any atom is -0.347 e. The lowest BCUT2D eigenvalue weighted by molar-refractivity contribution is -0.181. The number of nitrogens with zero attached hydrogens (tertiary/aromatic N) is 3. The van der Waals surface area contributed by atoms with Gasteiger partial charge in [0.05, 0.1) is 29.9 Å². The van der Waals surface area contributed by atoms with Crippen LogP contribution < -0.4 is 0 Å². The first-order valence-electron chi connectivity index (χ1n) is 7.46. The van der Waals surface area contributed by atoms with E-state index in [1.807, 2.05) is 11.8 Å². The summed E-state index contributed by atoms with van der Waals surface area (Å²) in [5, 5.41) is 4.64. The van der Waals surface area contributed by atoms with Crippen LogP contribution in [0.2, 0.25) is 0 Å². The van der Waals surface area contributed by atoms with Crippen molar-refractivity contribution in [1.29, 1.82) is 0 Å². The first kappa shape index (κ1) is 13.7. The second kappa shape index (κ2) is 5.03. The van der Waals surface area contributed by atoms with Crippen LogP contribution in [0.25, 0.3) is 11.1 Å². The summed E-state index contributed by atoms with van der Waals surface area (Å²) < 4.78 is 16.4. The highest BCUT2D eigenvalue weighted by Gasteiger charge is 2.40. The highest BCUT2D eigenvalue weighted by atomic mass is 16.7. The van der Waals surface area contributed by atoms with Gasteiger partial charge in [0, 0.05) is 32.1 Å². The van der Waals surface area contributed by atoms with Gasteiger partial charge >= 0.3 is 0 Å². The molecule has 1 spiro atoms. The molecule has 0 N–H and O–H groups in total. The number of rotatable bonds is 1. The minimum absolute atomic E-state index is 0.0251. The molecule has 2 aromatic heterocycles. The number of likely N-dealkylation sites (tertiary alicyclic amines) is 1. The van der Waals surface area contributed by atoms with Crippen molar-refractivity contribution in [3.05, 3.63) is 23.5 Å². The molecule has 2 fully saturated rings. The van der Waals surface area contributed by atoms with Gasteiger partial charge in [-0.15, -0.1) is 0 Å². The van der Waals surface area contributed by atoms with E-state index in [2.05, 4.69) is 10.1 Å². The summed E-state index contributed by atoms with van der Waals surface area (Å²) in [4.78, 5) is 18.6. The van der Waals surface area contributed by atoms with Crippen LogP contribution in [0, 0.1) is 6.92 Å². The Morgan fingerprint density at radius 3 is 2.73 bits per heavy atom. The highest BCUT2D eigenvalue weighted by molar-refractivity contribution is 5.97. The molecule has 0 atom stereocenters. The largest absolute Gasteiger partial charge is 0.347 e. The van der Waals surface area contributed by atoms with Gasteiger partial charge in [-0.3, -0.25) is 4.79 Å². The molecule has 116 valence electrons. The van der Waals surface area contributed by atoms with Gasteiger partial charge in [0.25, 0.3) is 11.6 Å². The summed E-state index contributed by atoms with van der Waals surface area (Å²) in [6.45, 7) is 4.36. The predicted octanol–water partition coefficient (Wildman–Crippen LogP) is 1.51. The third-order valence-electron chi connectivity index (χ3n) is 4.38. The Hall–Kier alpha value is -1.99. The number of aromatic nitrogens is 2. The second-order valence-electron chi connectivity index (χ2n) is 5.74. The number of carbonyl (C=O) groups excluding carboxylic acids is 1. The standard InChI is InChI=1S/C15H17N3O4/c1-10-12-8-11(9-16-13(12)22-17-10)14(19)18-4-2-15(3-5-18)20-6-7-21-15/h8-9H,2-7H2,1H3. The summed E-state index contributed by atoms with van der Waals surface area (Å²) >= 11 is 0. The van der Waals surface area contributed by atoms with Crippen LogP contribution in [0.5, 0.6) is 0 Å². The van der Waals surface area contributed by atoms with E-state index in [1.54, 1.807) is 12.3 Å². The molecule has 0 unspecified atom stereocenters. The van der Waals surface area contributed by atoms with Crippen LogP contribution in [0.15, 0.2) is 16.8 Å². The molecule has 4 rings (SSSR count). The Morgan fingerprint density at radius 1 is 1.27 bits per heavy atom. The van der Waals surface area contributed by atoms with Crippen molar-refractivity contribution < 1.29 is 18.8 Å². The van der Waals surface area contributed by atoms with Crippen LogP contribution in [0.3, 0.4) is 0 Å². The van der Waals surface area contributed by atoms with Gasteiger partial charge in [0.2, 0.25) is 0 Å². The number of hydrogen-bond donors (Lipinski definition) is 0. The molecule has 7 heteroatoms. The fraction of sp³-hybridized carbons (Fsp3) is 0.533. The van der Waals surface area contributed by atoms with Gasteiger partial charge in [-0.05, 0) is 13.0 Å². The molecular formula is C15H17N3O4. The van der Waals surface area contributed by atoms with Crippen LogP contribution >= 0.6 is 0 Å². The van der Waals surface area contributed by atoms with E-state index in [4.69, 9.17) is 14.0 Å². The van der Waals surface area contributed by atoms with Crippen molar-refractivity contribution in [1.82, 2.24) is 15.0 Å². The average molecular weight is 303 g/mol. The summed E-state index contributed by atoms with van der Waals surface area (Å²) in [6.07, 6.45) is 2.96. The van der Waals surface area contributed by atoms with Crippen LogP contribution in [0.4, 0.5) is 0 Å². The molecule has 2 aliphatic heterocycles. The Labute approximate surface area is 127 Å². The van der Waals surface area contributed by atoms with Crippen molar-refractivity contribution in [3.8, 4) is 0 Å². The number of pyridine rings is 1. The van der Waals surface area contributed by atoms with Crippen molar-refractivity contribution in [3.63, 3.8) is 0 Å². The molecule has 22 heavy (non-hydrogen) atoms. The predicted molar refractivity (Wildman–Crippen MR) is 76.3 cm³/mol. The monoisotopic (exact) mass is 303 g/mol. The molecule has 2 saturated heterocycles. The van der Waals surface area contributed by atoms with Gasteiger partial charge in [-0.2, -0.15) is 0 Å². The first-order valence-corrected chi connectivity index (χ1v) is 7.46. The third kappa shape index (κ3) is 2.17. The van der Waals surface area contributed by atoms with E-state index < -0.39 is 5.79 Å². The van der Waals surface area contributed by atoms with Gasteiger partial charge in [-0.25, -0.2) is 4.98 Å². The molecule has 0 bridgehead atoms. The number of aryl methyl sites for hydroxylation is 1. The Balaban J connectivity index is 1.52. The number of amides is 1. The van der Waals surface area contributed by atoms with Gasteiger partial charge in [0.1, 0.15) is 0 Å². The highest BCUT2D eigenvalue weighted by Crippen LogP contribution is 2.31. The summed E-state index contributed by atoms with van der Waals surface area (Å²) in [5.41, 5.74) is 1.75. The van der Waals surface area contributed by atoms with E-state index in [1.165, 1.54) is 0 Å². The molecule has 0 aliphatic carbocycles. The van der Waals surface area contributed by atoms with Crippen LogP contribution in [0.1, 0.15) is 28.9 Å². The zero-order valence-corrected chi connectivity index (χ0v) is 12.4. The zero-order chi connectivity index (χ0) is 15.2. The number of piperidine rings is 1. The first-order chi connectivity index (χ1) is 10.7. The van der Waals surface area contributed by atoms with Crippen LogP contribution in [-0.2, 0) is 9.47 Å². The van der Waals surface area contributed by atoms with E-state index in [9.17, 15) is 4.79 Å². The SMILES string of the molecule is Cc1noc2ncc(C(=O)N3CCC4(CC3)OCCO4)cc12. The van der Waals surface area contributed by atoms with E-state index in [0.29, 0.717) is 50.4 Å². The lowest BCUT2D eigenvalue weighted by Gasteiger charge is -2.37. The molecule has 7 nitrogen and oxygen atoms in total. The maximum Gasteiger partial charge on any atom is 0.257 e. The van der Waals surface area contributed by atoms with Gasteiger partial charge in [-0.1, -0.05) is 5.16 Å². The van der Waals surface area contributed by atoms with Crippen LogP contribution in [-0.4, -0.2) is 53.0 Å². The maximum absolute atomic E-state index is 12.6. The molecular weight excluding hydrogens is 286 g/mol. The van der Waals surface area contributed by atoms with Gasteiger partial charge in [0.15, 0.2) is 5.79 Å². The number of hydrogen-bond acceptors (Lipinski definition) is 6. The Kier molecular flexibility index (Phi) is 3.12. The minimum atomic E-state index is -0.468. The summed E-state index contributed by atoms with van der Waals surface area (Å²) in [7, 11) is 0. The lowest BCUT2D eigenvalue weighted by atomic mass is 10.0. The molecule has 1 amide bonds. The zero-order valence-electron chi connectivity index (χ0n) is 12.4. The Bertz CT molecular complexity index is 711. The van der Waals surface area contributed by atoms with Gasteiger partial charge < -0.3 is 18.9 Å². The Morgan fingerprint density at radius 2 is 2.00 bits per heavy atom. The fourth-order valence-corrected chi connectivity index (χ4v) is 3.08. The second-order valence-corrected chi connectivity index (χ2v) is 5.74. The molecule has 2 aliphatic rings. The summed E-state index contributed by atoms with van der Waals surface area (Å²) in [5.74, 6) is -0.493. The summed E-state index contributed by atoms with van der Waals surface area (Å²) in [6, 6.07) is 1.80. The maximum atomic E-state index is 12.6. The van der Waals surface area contributed by atoms with E-state index in [-0.39, 0.29) is 5.91 Å². The fourth-order valence-electron chi connectivity index (χ4n) is 3.08. The quantitative estimate of drug-likeness (QED) is 0.794. The molecule has 4 heterocycles. The van der Waals surface area contributed by atoms with Crippen molar-refractivity contribution in [2.75, 3.05) is 26.3 Å². The molecule has 0 aromatic carbocycles. The normalized spacial score (nSPS) is 20.9. The molecule has 0 saturated carbocycles. The van der Waals surface area contributed by atoms with Crippen molar-refractivity contribution in [2.24, 2.45) is 0 Å².